The fourth-order valence-corrected chi connectivity index (χ4v) is 3.59. The van der Waals surface area contributed by atoms with E-state index in [0.717, 1.165) is 5.56 Å². The first-order valence-corrected chi connectivity index (χ1v) is 9.99. The van der Waals surface area contributed by atoms with Crippen molar-refractivity contribution in [1.82, 2.24) is 0 Å². The largest absolute Gasteiger partial charge is 1.00 e. The molecule has 0 amide bonds. The molecule has 0 spiro atoms. The Hall–Kier alpha value is 1.44. The summed E-state index contributed by atoms with van der Waals surface area (Å²) in [4.78, 5) is 10.5. The normalized spacial score (nSPS) is 12.3. The summed E-state index contributed by atoms with van der Waals surface area (Å²) < 4.78 is 53.4. The fraction of sp³-hybridized carbons (Fsp3) is 0.250. The van der Waals surface area contributed by atoms with E-state index in [1.807, 2.05) is 36.4 Å². The molecule has 0 saturated carbocycles. The molecule has 0 bridgehead atoms. The summed E-state index contributed by atoms with van der Waals surface area (Å²) in [6.45, 7) is 0. The molecule has 2 aromatic rings. The molecule has 0 saturated heterocycles. The van der Waals surface area contributed by atoms with Gasteiger partial charge >= 0.3 is 111 Å². The molecule has 11 heteroatoms. The first-order valence-electron chi connectivity index (χ1n) is 7.42. The van der Waals surface area contributed by atoms with Gasteiger partial charge in [0.25, 0.3) is 0 Å². The smallest absolute Gasteiger partial charge is 0.746 e. The average Bonchev–Trinajstić information content (AvgIpc) is 2.54. The summed E-state index contributed by atoms with van der Waals surface area (Å²) in [6, 6.07) is 16.4. The summed E-state index contributed by atoms with van der Waals surface area (Å²) in [5.41, 5.74) is -1.03. The van der Waals surface area contributed by atoms with Gasteiger partial charge in [0.05, 0.1) is 0 Å². The summed E-state index contributed by atoms with van der Waals surface area (Å²) in [6.07, 6.45) is 0.500. The zero-order valence-corrected chi connectivity index (χ0v) is 23.1. The molecule has 0 N–H and O–H groups in total. The van der Waals surface area contributed by atoms with E-state index in [0.29, 0.717) is 17.9 Å². The van der Waals surface area contributed by atoms with Crippen LogP contribution in [0.1, 0.15) is 18.4 Å². The molecule has 7 nitrogen and oxygen atoms in total. The van der Waals surface area contributed by atoms with Gasteiger partial charge in [-0.15, -0.1) is 4.52 Å². The zero-order chi connectivity index (χ0) is 18.3. The van der Waals surface area contributed by atoms with E-state index in [1.54, 1.807) is 18.2 Å². The van der Waals surface area contributed by atoms with Crippen LogP contribution in [0.15, 0.2) is 54.6 Å². The van der Waals surface area contributed by atoms with Crippen molar-refractivity contribution < 1.29 is 134 Å². The Balaban J connectivity index is 0.00000338. The maximum Gasteiger partial charge on any atom is 1.00 e. The Kier molecular flexibility index (Phi) is 15.2. The Morgan fingerprint density at radius 1 is 1.00 bits per heavy atom. The Morgan fingerprint density at radius 3 is 2.22 bits per heavy atom. The van der Waals surface area contributed by atoms with Crippen LogP contribution in [0.4, 0.5) is 0 Å². The minimum Gasteiger partial charge on any atom is -0.746 e. The van der Waals surface area contributed by atoms with Gasteiger partial charge in [0.15, 0.2) is 0 Å². The molecule has 0 aliphatic heterocycles. The maximum atomic E-state index is 11.0. The van der Waals surface area contributed by atoms with Crippen LogP contribution in [0, 0.1) is 0 Å². The molecule has 134 valence electrons. The van der Waals surface area contributed by atoms with Crippen LogP contribution in [-0.4, -0.2) is 18.4 Å². The number of benzene rings is 2. The van der Waals surface area contributed by atoms with Crippen LogP contribution in [0.3, 0.4) is 0 Å². The van der Waals surface area contributed by atoms with Gasteiger partial charge in [0.1, 0.15) is 21.6 Å². The molecule has 0 heterocycles. The van der Waals surface area contributed by atoms with E-state index >= 15 is 0 Å². The van der Waals surface area contributed by atoms with E-state index in [1.165, 1.54) is 0 Å². The molecule has 2 rings (SSSR count). The average molecular weight is 462 g/mol. The predicted octanol–water partition coefficient (Wildman–Crippen LogP) is -3.28. The van der Waals surface area contributed by atoms with Crippen LogP contribution >= 0.6 is 8.25 Å². The number of para-hydroxylation sites is 1. The Morgan fingerprint density at radius 2 is 1.63 bits per heavy atom. The third-order valence-corrected chi connectivity index (χ3v) is 4.85. The van der Waals surface area contributed by atoms with Gasteiger partial charge in [-0.2, -0.15) is 0 Å². The molecule has 2 aromatic carbocycles. The third kappa shape index (κ3) is 11.4. The van der Waals surface area contributed by atoms with Gasteiger partial charge in [-0.05, 0) is 53.7 Å². The number of hydrogen-bond donors (Lipinski definition) is 0. The molecular formula is C16H16K2O7PS+. The van der Waals surface area contributed by atoms with Gasteiger partial charge in [-0.3, -0.25) is 0 Å². The Bertz CT molecular complexity index is 819. The quantitative estimate of drug-likeness (QED) is 0.218. The van der Waals surface area contributed by atoms with Crippen LogP contribution < -0.4 is 112 Å². The van der Waals surface area contributed by atoms with Gasteiger partial charge in [-0.25, -0.2) is 8.42 Å². The number of ether oxygens (including phenoxy) is 1. The standard InChI is InChI=1S/C16H17O7PS.2K/c17-24(18)23-16(25(19,20)21)11-5-7-13-6-4-10-15(12-13)22-14-8-2-1-3-9-14;;/h1-4,6,8-10,12,16H,5,7,11H2,(H,19,20,21);;/q;2*+1/p-1. The maximum absolute atomic E-state index is 11.0. The predicted molar refractivity (Wildman–Crippen MR) is 88.1 cm³/mol. The molecule has 0 radical (unpaired) electrons. The van der Waals surface area contributed by atoms with Crippen molar-refractivity contribution in [3.05, 3.63) is 60.2 Å². The third-order valence-electron chi connectivity index (χ3n) is 3.31. The second-order valence-electron chi connectivity index (χ2n) is 5.21. The minimum atomic E-state index is -4.84. The molecule has 0 fully saturated rings. The zero-order valence-electron chi connectivity index (χ0n) is 15.1. The van der Waals surface area contributed by atoms with Crippen LogP contribution in [0.2, 0.25) is 0 Å². The number of rotatable bonds is 9. The molecule has 0 aliphatic carbocycles. The van der Waals surface area contributed by atoms with Crippen molar-refractivity contribution >= 4 is 18.4 Å². The summed E-state index contributed by atoms with van der Waals surface area (Å²) in [5.74, 6) is 1.31. The van der Waals surface area contributed by atoms with Gasteiger partial charge < -0.3 is 14.2 Å². The molecule has 2 atom stereocenters. The van der Waals surface area contributed by atoms with Gasteiger partial charge in [0.2, 0.25) is 5.44 Å². The van der Waals surface area contributed by atoms with Crippen molar-refractivity contribution in [2.45, 2.75) is 24.7 Å². The van der Waals surface area contributed by atoms with Crippen molar-refractivity contribution in [3.8, 4) is 11.5 Å². The molecule has 0 aliphatic rings. The van der Waals surface area contributed by atoms with E-state index in [2.05, 4.69) is 4.52 Å². The van der Waals surface area contributed by atoms with Crippen molar-refractivity contribution in [1.29, 1.82) is 0 Å². The number of hydrogen-bond acceptors (Lipinski definition) is 7. The van der Waals surface area contributed by atoms with Gasteiger partial charge in [-0.1, -0.05) is 30.3 Å². The van der Waals surface area contributed by atoms with Gasteiger partial charge in [0, 0.05) is 0 Å². The first-order chi connectivity index (χ1) is 11.8. The van der Waals surface area contributed by atoms with E-state index in [-0.39, 0.29) is 116 Å². The minimum absolute atomic E-state index is 0. The van der Waals surface area contributed by atoms with Crippen molar-refractivity contribution in [2.24, 2.45) is 0 Å². The molecule has 2 unspecified atom stereocenters. The monoisotopic (exact) mass is 461 g/mol. The molecule has 0 aromatic heterocycles. The van der Waals surface area contributed by atoms with Crippen LogP contribution in [0.5, 0.6) is 11.5 Å². The summed E-state index contributed by atoms with van der Waals surface area (Å²) in [5, 5.41) is 0. The SMILES string of the molecule is O=[P+]([O-])OC(CCCc1cccc(Oc2ccccc2)c1)S(=O)(=O)[O-].[K+].[K+]. The van der Waals surface area contributed by atoms with Crippen molar-refractivity contribution in [3.63, 3.8) is 0 Å². The van der Waals surface area contributed by atoms with E-state index in [9.17, 15) is 22.4 Å². The summed E-state index contributed by atoms with van der Waals surface area (Å²) >= 11 is 0. The first kappa shape index (κ1) is 28.4. The van der Waals surface area contributed by atoms with E-state index in [4.69, 9.17) is 4.74 Å². The second kappa shape index (κ2) is 14.4. The van der Waals surface area contributed by atoms with Crippen LogP contribution in [-0.2, 0) is 25.6 Å². The van der Waals surface area contributed by atoms with Crippen molar-refractivity contribution in [2.75, 3.05) is 0 Å². The number of aryl methyl sites for hydroxylation is 1. The molecule has 27 heavy (non-hydrogen) atoms. The fourth-order valence-electron chi connectivity index (χ4n) is 2.21. The second-order valence-corrected chi connectivity index (χ2v) is 7.38. The Labute approximate surface area is 244 Å². The van der Waals surface area contributed by atoms with Crippen LogP contribution in [0.25, 0.3) is 0 Å². The topological polar surface area (TPSA) is 116 Å². The summed E-state index contributed by atoms with van der Waals surface area (Å²) in [7, 11) is -8.25. The van der Waals surface area contributed by atoms with E-state index < -0.39 is 23.8 Å². The molecular weight excluding hydrogens is 445 g/mol.